The van der Waals surface area contributed by atoms with Crippen molar-refractivity contribution < 1.29 is 9.53 Å². The first-order chi connectivity index (χ1) is 10.1. The highest BCUT2D eigenvalue weighted by Crippen LogP contribution is 2.26. The van der Waals surface area contributed by atoms with Gasteiger partial charge >= 0.3 is 5.97 Å². The van der Waals surface area contributed by atoms with E-state index in [0.717, 1.165) is 19.6 Å². The zero-order valence-corrected chi connectivity index (χ0v) is 13.4. The van der Waals surface area contributed by atoms with Gasteiger partial charge < -0.3 is 4.74 Å². The van der Waals surface area contributed by atoms with Crippen molar-refractivity contribution in [2.45, 2.75) is 56.7 Å². The van der Waals surface area contributed by atoms with Crippen LogP contribution in [0.1, 0.15) is 39.0 Å². The summed E-state index contributed by atoms with van der Waals surface area (Å²) in [4.78, 5) is 17.3. The Balaban J connectivity index is 1.56. The standard InChI is InChI=1S/C16H29N3O2/c1-16(15(20)21-2,17-13-5-6-13)12-18-10-7-14(11-18)19-8-3-4-9-19/h13-14,17H,3-12H2,1-2H3. The average molecular weight is 295 g/mol. The monoisotopic (exact) mass is 295 g/mol. The Kier molecular flexibility index (Phi) is 4.52. The van der Waals surface area contributed by atoms with Crippen molar-refractivity contribution in [2.24, 2.45) is 0 Å². The molecular formula is C16H29N3O2. The number of carbonyl (C=O) groups is 1. The lowest BCUT2D eigenvalue weighted by molar-refractivity contribution is -0.148. The highest BCUT2D eigenvalue weighted by atomic mass is 16.5. The number of hydrogen-bond acceptors (Lipinski definition) is 5. The molecule has 0 spiro atoms. The Morgan fingerprint density at radius 1 is 1.24 bits per heavy atom. The highest BCUT2D eigenvalue weighted by molar-refractivity contribution is 5.80. The highest BCUT2D eigenvalue weighted by Gasteiger charge is 2.42. The van der Waals surface area contributed by atoms with Crippen LogP contribution in [0.2, 0.25) is 0 Å². The number of nitrogens with zero attached hydrogens (tertiary/aromatic N) is 2. The SMILES string of the molecule is COC(=O)C(C)(CN1CCC(N2CCCC2)C1)NC1CC1. The van der Waals surface area contributed by atoms with E-state index in [4.69, 9.17) is 4.74 Å². The summed E-state index contributed by atoms with van der Waals surface area (Å²) < 4.78 is 5.04. The van der Waals surface area contributed by atoms with Crippen molar-refractivity contribution >= 4 is 5.97 Å². The van der Waals surface area contributed by atoms with Gasteiger partial charge in [0.05, 0.1) is 7.11 Å². The molecule has 0 aromatic heterocycles. The molecule has 1 N–H and O–H groups in total. The number of carbonyl (C=O) groups excluding carboxylic acids is 1. The average Bonchev–Trinajstić information content (AvgIpc) is 2.96. The van der Waals surface area contributed by atoms with Gasteiger partial charge in [0, 0.05) is 25.2 Å². The molecule has 2 unspecified atom stereocenters. The molecule has 3 aliphatic rings. The van der Waals surface area contributed by atoms with E-state index in [-0.39, 0.29) is 5.97 Å². The van der Waals surface area contributed by atoms with Crippen LogP contribution in [-0.2, 0) is 9.53 Å². The first-order valence-corrected chi connectivity index (χ1v) is 8.43. The van der Waals surface area contributed by atoms with E-state index >= 15 is 0 Å². The van der Waals surface area contributed by atoms with Gasteiger partial charge in [-0.3, -0.25) is 19.9 Å². The summed E-state index contributed by atoms with van der Waals surface area (Å²) >= 11 is 0. The maximum atomic E-state index is 12.2. The van der Waals surface area contributed by atoms with E-state index in [1.165, 1.54) is 52.3 Å². The lowest BCUT2D eigenvalue weighted by Gasteiger charge is -2.33. The third-order valence-corrected chi connectivity index (χ3v) is 5.18. The topological polar surface area (TPSA) is 44.8 Å². The second-order valence-electron chi connectivity index (χ2n) is 7.16. The first kappa shape index (κ1) is 15.3. The Bertz CT molecular complexity index is 380. The number of ether oxygens (including phenoxy) is 1. The van der Waals surface area contributed by atoms with Crippen LogP contribution in [0.25, 0.3) is 0 Å². The number of methoxy groups -OCH3 is 1. The van der Waals surface area contributed by atoms with Gasteiger partial charge in [0.2, 0.25) is 0 Å². The summed E-state index contributed by atoms with van der Waals surface area (Å²) in [7, 11) is 1.49. The predicted molar refractivity (Wildman–Crippen MR) is 82.2 cm³/mol. The van der Waals surface area contributed by atoms with Gasteiger partial charge in [0.15, 0.2) is 0 Å². The van der Waals surface area contributed by atoms with E-state index in [2.05, 4.69) is 15.1 Å². The maximum Gasteiger partial charge on any atom is 0.327 e. The molecule has 0 amide bonds. The van der Waals surface area contributed by atoms with Crippen LogP contribution in [0.15, 0.2) is 0 Å². The molecule has 2 heterocycles. The Morgan fingerprint density at radius 2 is 1.95 bits per heavy atom. The number of likely N-dealkylation sites (tertiary alicyclic amines) is 2. The van der Waals surface area contributed by atoms with Crippen LogP contribution >= 0.6 is 0 Å². The number of rotatable bonds is 6. The molecular weight excluding hydrogens is 266 g/mol. The zero-order valence-electron chi connectivity index (χ0n) is 13.4. The Labute approximate surface area is 128 Å². The molecule has 3 fully saturated rings. The van der Waals surface area contributed by atoms with Crippen LogP contribution in [0.5, 0.6) is 0 Å². The second kappa shape index (κ2) is 6.23. The van der Waals surface area contributed by atoms with Gasteiger partial charge in [-0.2, -0.15) is 0 Å². The molecule has 0 radical (unpaired) electrons. The van der Waals surface area contributed by atoms with E-state index in [1.807, 2.05) is 6.92 Å². The van der Waals surface area contributed by atoms with E-state index < -0.39 is 5.54 Å². The molecule has 2 saturated heterocycles. The molecule has 1 aliphatic carbocycles. The third-order valence-electron chi connectivity index (χ3n) is 5.18. The molecule has 0 aromatic carbocycles. The van der Waals surface area contributed by atoms with Crippen LogP contribution in [-0.4, -0.2) is 73.2 Å². The minimum absolute atomic E-state index is 0.126. The van der Waals surface area contributed by atoms with Gasteiger partial charge in [-0.1, -0.05) is 0 Å². The molecule has 2 atom stereocenters. The molecule has 5 nitrogen and oxygen atoms in total. The summed E-state index contributed by atoms with van der Waals surface area (Å²) in [5.74, 6) is -0.126. The minimum atomic E-state index is -0.560. The first-order valence-electron chi connectivity index (χ1n) is 8.43. The summed E-state index contributed by atoms with van der Waals surface area (Å²) in [6.07, 6.45) is 6.30. The largest absolute Gasteiger partial charge is 0.468 e. The third kappa shape index (κ3) is 3.58. The molecule has 21 heavy (non-hydrogen) atoms. The van der Waals surface area contributed by atoms with Crippen molar-refractivity contribution in [3.63, 3.8) is 0 Å². The van der Waals surface area contributed by atoms with Crippen molar-refractivity contribution in [2.75, 3.05) is 39.8 Å². The van der Waals surface area contributed by atoms with Gasteiger partial charge in [0.25, 0.3) is 0 Å². The van der Waals surface area contributed by atoms with Crippen LogP contribution in [0.3, 0.4) is 0 Å². The minimum Gasteiger partial charge on any atom is -0.468 e. The lowest BCUT2D eigenvalue weighted by atomic mass is 10.0. The molecule has 2 aliphatic heterocycles. The summed E-state index contributed by atoms with van der Waals surface area (Å²) in [5.41, 5.74) is -0.560. The van der Waals surface area contributed by atoms with E-state index in [0.29, 0.717) is 12.1 Å². The Hall–Kier alpha value is -0.650. The number of esters is 1. The van der Waals surface area contributed by atoms with Crippen molar-refractivity contribution in [1.82, 2.24) is 15.1 Å². The molecule has 5 heteroatoms. The Morgan fingerprint density at radius 3 is 2.57 bits per heavy atom. The normalized spacial score (nSPS) is 30.5. The molecule has 120 valence electrons. The number of nitrogens with one attached hydrogen (secondary N) is 1. The quantitative estimate of drug-likeness (QED) is 0.736. The lowest BCUT2D eigenvalue weighted by Crippen LogP contribution is -2.58. The van der Waals surface area contributed by atoms with Gasteiger partial charge in [-0.15, -0.1) is 0 Å². The van der Waals surface area contributed by atoms with Gasteiger partial charge in [-0.05, 0) is 58.7 Å². The smallest absolute Gasteiger partial charge is 0.327 e. The maximum absolute atomic E-state index is 12.2. The second-order valence-corrected chi connectivity index (χ2v) is 7.16. The van der Waals surface area contributed by atoms with Crippen molar-refractivity contribution in [3.05, 3.63) is 0 Å². The van der Waals surface area contributed by atoms with E-state index in [1.54, 1.807) is 0 Å². The summed E-state index contributed by atoms with van der Waals surface area (Å²) in [5, 5.41) is 3.50. The van der Waals surface area contributed by atoms with Crippen LogP contribution < -0.4 is 5.32 Å². The van der Waals surface area contributed by atoms with Crippen LogP contribution in [0, 0.1) is 0 Å². The molecule has 3 rings (SSSR count). The molecule has 0 aromatic rings. The van der Waals surface area contributed by atoms with Gasteiger partial charge in [0.1, 0.15) is 5.54 Å². The summed E-state index contributed by atoms with van der Waals surface area (Å²) in [6, 6.07) is 1.20. The fourth-order valence-corrected chi connectivity index (χ4v) is 3.88. The zero-order chi connectivity index (χ0) is 14.9. The molecule has 0 bridgehead atoms. The summed E-state index contributed by atoms with van der Waals surface area (Å²) in [6.45, 7) is 7.47. The fraction of sp³-hybridized carbons (Fsp3) is 0.938. The predicted octanol–water partition coefficient (Wildman–Crippen LogP) is 0.840. The van der Waals surface area contributed by atoms with Gasteiger partial charge in [-0.25, -0.2) is 0 Å². The van der Waals surface area contributed by atoms with Crippen molar-refractivity contribution in [3.8, 4) is 0 Å². The van der Waals surface area contributed by atoms with Crippen LogP contribution in [0.4, 0.5) is 0 Å². The fourth-order valence-electron chi connectivity index (χ4n) is 3.88. The van der Waals surface area contributed by atoms with E-state index in [9.17, 15) is 4.79 Å². The number of hydrogen-bond donors (Lipinski definition) is 1. The van der Waals surface area contributed by atoms with Crippen molar-refractivity contribution in [1.29, 1.82) is 0 Å². The molecule has 1 saturated carbocycles.